The fourth-order valence-electron chi connectivity index (χ4n) is 1.93. The molecule has 1 aliphatic rings. The van der Waals surface area contributed by atoms with Gasteiger partial charge in [0.1, 0.15) is 0 Å². The van der Waals surface area contributed by atoms with Crippen molar-refractivity contribution in [2.45, 2.75) is 32.7 Å². The lowest BCUT2D eigenvalue weighted by Crippen LogP contribution is -2.46. The largest absolute Gasteiger partial charge is 0.396 e. The summed E-state index contributed by atoms with van der Waals surface area (Å²) in [6.07, 6.45) is 2.01. The van der Waals surface area contributed by atoms with Crippen molar-refractivity contribution in [2.75, 3.05) is 19.7 Å². The first-order valence-corrected chi connectivity index (χ1v) is 5.71. The molecule has 3 unspecified atom stereocenters. The molecule has 0 radical (unpaired) electrons. The highest BCUT2D eigenvalue weighted by atomic mass is 16.3. The number of amides is 1. The topological polar surface area (TPSA) is 66.6 Å². The molecule has 0 spiro atoms. The first-order chi connectivity index (χ1) is 7.06. The lowest BCUT2D eigenvalue weighted by atomic mass is 9.96. The van der Waals surface area contributed by atoms with Crippen molar-refractivity contribution in [3.63, 3.8) is 0 Å². The normalized spacial score (nSPS) is 26.1. The van der Waals surface area contributed by atoms with E-state index in [4.69, 9.17) is 10.8 Å². The van der Waals surface area contributed by atoms with Crippen LogP contribution in [-0.4, -0.2) is 41.7 Å². The van der Waals surface area contributed by atoms with Gasteiger partial charge >= 0.3 is 0 Å². The van der Waals surface area contributed by atoms with E-state index >= 15 is 0 Å². The number of carbonyl (C=O) groups excluding carboxylic acids is 1. The standard InChI is InChI=1S/C11H22N2O2/c1-8(9(2)12)11(15)13-5-3-4-10(6-13)7-14/h8-10,14H,3-7,12H2,1-2H3. The van der Waals surface area contributed by atoms with E-state index in [0.717, 1.165) is 19.4 Å². The van der Waals surface area contributed by atoms with E-state index in [9.17, 15) is 4.79 Å². The summed E-state index contributed by atoms with van der Waals surface area (Å²) in [7, 11) is 0. The highest BCUT2D eigenvalue weighted by molar-refractivity contribution is 5.79. The third-order valence-corrected chi connectivity index (χ3v) is 3.27. The van der Waals surface area contributed by atoms with Gasteiger partial charge in [-0.1, -0.05) is 6.92 Å². The van der Waals surface area contributed by atoms with Gasteiger partial charge in [-0.25, -0.2) is 0 Å². The average Bonchev–Trinajstić information content (AvgIpc) is 2.27. The second kappa shape index (κ2) is 5.47. The zero-order chi connectivity index (χ0) is 11.4. The van der Waals surface area contributed by atoms with Crippen LogP contribution in [0.2, 0.25) is 0 Å². The predicted octanol–water partition coefficient (Wildman–Crippen LogP) is 0.201. The molecule has 0 bridgehead atoms. The molecule has 1 fully saturated rings. The first kappa shape index (κ1) is 12.5. The number of hydrogen-bond acceptors (Lipinski definition) is 3. The van der Waals surface area contributed by atoms with Gasteiger partial charge in [-0.3, -0.25) is 4.79 Å². The van der Waals surface area contributed by atoms with Crippen molar-refractivity contribution in [2.24, 2.45) is 17.6 Å². The molecule has 1 rings (SSSR count). The second-order valence-electron chi connectivity index (χ2n) is 4.62. The van der Waals surface area contributed by atoms with E-state index in [2.05, 4.69) is 0 Å². The monoisotopic (exact) mass is 214 g/mol. The van der Waals surface area contributed by atoms with Crippen molar-refractivity contribution in [1.82, 2.24) is 4.90 Å². The van der Waals surface area contributed by atoms with Gasteiger partial charge < -0.3 is 15.7 Å². The summed E-state index contributed by atoms with van der Waals surface area (Å²) in [5.74, 6) is 0.258. The van der Waals surface area contributed by atoms with Crippen molar-refractivity contribution in [3.05, 3.63) is 0 Å². The molecule has 1 heterocycles. The van der Waals surface area contributed by atoms with Crippen LogP contribution in [-0.2, 0) is 4.79 Å². The average molecular weight is 214 g/mol. The van der Waals surface area contributed by atoms with Gasteiger partial charge in [-0.2, -0.15) is 0 Å². The molecular formula is C11H22N2O2. The van der Waals surface area contributed by atoms with Gasteiger partial charge in [-0.05, 0) is 25.7 Å². The fourth-order valence-corrected chi connectivity index (χ4v) is 1.93. The Kier molecular flexibility index (Phi) is 4.54. The Hall–Kier alpha value is -0.610. The summed E-state index contributed by atoms with van der Waals surface area (Å²) < 4.78 is 0. The number of aliphatic hydroxyl groups excluding tert-OH is 1. The van der Waals surface area contributed by atoms with Crippen molar-refractivity contribution < 1.29 is 9.90 Å². The highest BCUT2D eigenvalue weighted by Crippen LogP contribution is 2.18. The lowest BCUT2D eigenvalue weighted by Gasteiger charge is -2.34. The van der Waals surface area contributed by atoms with Crippen LogP contribution >= 0.6 is 0 Å². The van der Waals surface area contributed by atoms with Crippen molar-refractivity contribution in [3.8, 4) is 0 Å². The van der Waals surface area contributed by atoms with Gasteiger partial charge in [0.2, 0.25) is 5.91 Å². The Morgan fingerprint density at radius 2 is 2.27 bits per heavy atom. The number of hydrogen-bond donors (Lipinski definition) is 2. The van der Waals surface area contributed by atoms with Gasteiger partial charge in [0.05, 0.1) is 5.92 Å². The minimum absolute atomic E-state index is 0.105. The highest BCUT2D eigenvalue weighted by Gasteiger charge is 2.27. The number of nitrogens with two attached hydrogens (primary N) is 1. The van der Waals surface area contributed by atoms with E-state index < -0.39 is 0 Å². The van der Waals surface area contributed by atoms with Gasteiger partial charge in [0.25, 0.3) is 0 Å². The molecule has 0 aliphatic carbocycles. The quantitative estimate of drug-likeness (QED) is 0.705. The zero-order valence-electron chi connectivity index (χ0n) is 9.65. The van der Waals surface area contributed by atoms with E-state index in [0.29, 0.717) is 6.54 Å². The van der Waals surface area contributed by atoms with Crippen LogP contribution in [0.5, 0.6) is 0 Å². The predicted molar refractivity (Wildman–Crippen MR) is 59.2 cm³/mol. The Bertz CT molecular complexity index is 219. The van der Waals surface area contributed by atoms with E-state index in [1.165, 1.54) is 0 Å². The van der Waals surface area contributed by atoms with Crippen LogP contribution in [0, 0.1) is 11.8 Å². The molecule has 1 amide bonds. The smallest absolute Gasteiger partial charge is 0.226 e. The van der Waals surface area contributed by atoms with Crippen LogP contribution in [0.3, 0.4) is 0 Å². The van der Waals surface area contributed by atoms with E-state index in [-0.39, 0.29) is 30.4 Å². The molecule has 0 saturated carbocycles. The SMILES string of the molecule is CC(N)C(C)C(=O)N1CCCC(CO)C1. The summed E-state index contributed by atoms with van der Waals surface area (Å²) in [6, 6.07) is -0.105. The van der Waals surface area contributed by atoms with Crippen LogP contribution in [0.15, 0.2) is 0 Å². The van der Waals surface area contributed by atoms with Crippen molar-refractivity contribution in [1.29, 1.82) is 0 Å². The van der Waals surface area contributed by atoms with E-state index in [1.54, 1.807) is 0 Å². The molecule has 0 aromatic heterocycles. The zero-order valence-corrected chi connectivity index (χ0v) is 9.65. The summed E-state index contributed by atoms with van der Waals surface area (Å²) >= 11 is 0. The molecule has 1 saturated heterocycles. The van der Waals surface area contributed by atoms with Crippen LogP contribution in [0.25, 0.3) is 0 Å². The van der Waals surface area contributed by atoms with E-state index in [1.807, 2.05) is 18.7 Å². The Morgan fingerprint density at radius 1 is 1.60 bits per heavy atom. The number of carbonyl (C=O) groups is 1. The number of rotatable bonds is 3. The molecular weight excluding hydrogens is 192 g/mol. The number of piperidine rings is 1. The number of aliphatic hydroxyl groups is 1. The Labute approximate surface area is 91.4 Å². The van der Waals surface area contributed by atoms with Crippen LogP contribution < -0.4 is 5.73 Å². The third-order valence-electron chi connectivity index (χ3n) is 3.27. The van der Waals surface area contributed by atoms with Gasteiger partial charge in [0, 0.05) is 25.7 Å². The third kappa shape index (κ3) is 3.18. The summed E-state index contributed by atoms with van der Waals surface area (Å²) in [6.45, 7) is 5.40. The Morgan fingerprint density at radius 3 is 2.80 bits per heavy atom. The van der Waals surface area contributed by atoms with Crippen LogP contribution in [0.4, 0.5) is 0 Å². The molecule has 0 aromatic carbocycles. The first-order valence-electron chi connectivity index (χ1n) is 5.71. The maximum atomic E-state index is 12.0. The molecule has 15 heavy (non-hydrogen) atoms. The minimum Gasteiger partial charge on any atom is -0.396 e. The molecule has 1 aliphatic heterocycles. The van der Waals surface area contributed by atoms with Crippen LogP contribution in [0.1, 0.15) is 26.7 Å². The maximum Gasteiger partial charge on any atom is 0.226 e. The molecule has 0 aromatic rings. The van der Waals surface area contributed by atoms with Gasteiger partial charge in [-0.15, -0.1) is 0 Å². The second-order valence-corrected chi connectivity index (χ2v) is 4.62. The molecule has 3 N–H and O–H groups in total. The summed E-state index contributed by atoms with van der Waals surface area (Å²) in [5, 5.41) is 9.08. The number of likely N-dealkylation sites (tertiary alicyclic amines) is 1. The number of nitrogens with zero attached hydrogens (tertiary/aromatic N) is 1. The van der Waals surface area contributed by atoms with Gasteiger partial charge in [0.15, 0.2) is 0 Å². The fraction of sp³-hybridized carbons (Fsp3) is 0.909. The molecule has 4 nitrogen and oxygen atoms in total. The maximum absolute atomic E-state index is 12.0. The molecule has 4 heteroatoms. The minimum atomic E-state index is -0.123. The van der Waals surface area contributed by atoms with Crippen molar-refractivity contribution >= 4 is 5.91 Å². The summed E-state index contributed by atoms with van der Waals surface area (Å²) in [4.78, 5) is 13.8. The molecule has 3 atom stereocenters. The molecule has 88 valence electrons. The lowest BCUT2D eigenvalue weighted by molar-refractivity contribution is -0.137. The Balaban J connectivity index is 2.52. The summed E-state index contributed by atoms with van der Waals surface area (Å²) in [5.41, 5.74) is 5.71.